The van der Waals surface area contributed by atoms with Gasteiger partial charge in [-0.2, -0.15) is 5.10 Å². The van der Waals surface area contributed by atoms with Crippen molar-refractivity contribution in [3.63, 3.8) is 0 Å². The minimum atomic E-state index is -3.56. The van der Waals surface area contributed by atoms with Crippen LogP contribution in [0.4, 0.5) is 5.69 Å². The van der Waals surface area contributed by atoms with Crippen molar-refractivity contribution < 1.29 is 22.7 Å². The first kappa shape index (κ1) is 31.1. The molecule has 0 radical (unpaired) electrons. The summed E-state index contributed by atoms with van der Waals surface area (Å²) in [6.45, 7) is 2.44. The summed E-state index contributed by atoms with van der Waals surface area (Å²) in [7, 11) is -2.02. The third-order valence-corrected chi connectivity index (χ3v) is 8.30. The maximum absolute atomic E-state index is 12.7. The molecule has 42 heavy (non-hydrogen) atoms. The molecule has 4 rings (SSSR count). The molecule has 218 valence electrons. The molecular weight excluding hydrogens is 642 g/mol. The summed E-state index contributed by atoms with van der Waals surface area (Å²) in [5.41, 5.74) is 6.77. The molecule has 0 spiro atoms. The number of anilines is 1. The SMILES string of the molecule is COc1cc(/C=N\NC(=O)c2ccc(N(Cc3ccccc3C)S(C)(=O)=O)cc2)cc(Br)c1OCc1ccc(Cl)cc1. The number of halogens is 2. The Morgan fingerprint density at radius 3 is 2.38 bits per heavy atom. The minimum absolute atomic E-state index is 0.186. The average Bonchev–Trinajstić information content (AvgIpc) is 2.96. The van der Waals surface area contributed by atoms with Crippen LogP contribution in [0.25, 0.3) is 0 Å². The highest BCUT2D eigenvalue weighted by Crippen LogP contribution is 2.37. The van der Waals surface area contributed by atoms with Gasteiger partial charge in [0.05, 0.1) is 36.3 Å². The minimum Gasteiger partial charge on any atom is -0.493 e. The number of hydrogen-bond acceptors (Lipinski definition) is 6. The second-order valence-electron chi connectivity index (χ2n) is 9.39. The number of amides is 1. The molecule has 11 heteroatoms. The second-order valence-corrected chi connectivity index (χ2v) is 12.6. The molecule has 0 unspecified atom stereocenters. The van der Waals surface area contributed by atoms with Crippen LogP contribution in [0.3, 0.4) is 0 Å². The predicted octanol–water partition coefficient (Wildman–Crippen LogP) is 6.73. The molecule has 4 aromatic carbocycles. The fraction of sp³-hybridized carbons (Fsp3) is 0.161. The number of aryl methyl sites for hydroxylation is 1. The van der Waals surface area contributed by atoms with Crippen molar-refractivity contribution in [1.29, 1.82) is 0 Å². The van der Waals surface area contributed by atoms with E-state index in [-0.39, 0.29) is 6.54 Å². The van der Waals surface area contributed by atoms with E-state index in [4.69, 9.17) is 21.1 Å². The zero-order valence-corrected chi connectivity index (χ0v) is 26.3. The lowest BCUT2D eigenvalue weighted by Gasteiger charge is -2.23. The van der Waals surface area contributed by atoms with E-state index in [2.05, 4.69) is 26.5 Å². The number of carbonyl (C=O) groups is 1. The molecule has 0 bridgehead atoms. The van der Waals surface area contributed by atoms with Crippen LogP contribution in [0, 0.1) is 6.92 Å². The molecule has 0 fully saturated rings. The molecule has 0 aliphatic heterocycles. The monoisotopic (exact) mass is 669 g/mol. The van der Waals surface area contributed by atoms with Crippen molar-refractivity contribution in [1.82, 2.24) is 5.43 Å². The highest BCUT2D eigenvalue weighted by molar-refractivity contribution is 9.10. The van der Waals surface area contributed by atoms with E-state index >= 15 is 0 Å². The van der Waals surface area contributed by atoms with Crippen molar-refractivity contribution in [2.45, 2.75) is 20.1 Å². The number of nitrogens with zero attached hydrogens (tertiary/aromatic N) is 2. The van der Waals surface area contributed by atoms with Gasteiger partial charge in [0, 0.05) is 10.6 Å². The van der Waals surface area contributed by atoms with Gasteiger partial charge in [-0.05, 0) is 93.6 Å². The number of hydrogen-bond donors (Lipinski definition) is 1. The maximum Gasteiger partial charge on any atom is 0.271 e. The Bertz CT molecular complexity index is 1700. The van der Waals surface area contributed by atoms with Gasteiger partial charge in [-0.1, -0.05) is 48.0 Å². The first-order valence-corrected chi connectivity index (χ1v) is 15.8. The van der Waals surface area contributed by atoms with Crippen molar-refractivity contribution in [3.05, 3.63) is 122 Å². The molecule has 4 aromatic rings. The molecule has 0 aromatic heterocycles. The Kier molecular flexibility index (Phi) is 10.3. The van der Waals surface area contributed by atoms with E-state index < -0.39 is 15.9 Å². The van der Waals surface area contributed by atoms with Gasteiger partial charge in [0.2, 0.25) is 10.0 Å². The van der Waals surface area contributed by atoms with Gasteiger partial charge in [-0.15, -0.1) is 0 Å². The molecule has 8 nitrogen and oxygen atoms in total. The van der Waals surface area contributed by atoms with Gasteiger partial charge in [-0.25, -0.2) is 13.8 Å². The summed E-state index contributed by atoms with van der Waals surface area (Å²) >= 11 is 9.46. The zero-order chi connectivity index (χ0) is 30.3. The summed E-state index contributed by atoms with van der Waals surface area (Å²) in [6.07, 6.45) is 2.64. The number of benzene rings is 4. The normalized spacial score (nSPS) is 11.4. The molecular formula is C31H29BrClN3O5S. The molecule has 0 aliphatic rings. The van der Waals surface area contributed by atoms with Crippen LogP contribution in [-0.4, -0.2) is 33.9 Å². The quantitative estimate of drug-likeness (QED) is 0.141. The number of methoxy groups -OCH3 is 1. The van der Waals surface area contributed by atoms with E-state index in [0.717, 1.165) is 22.9 Å². The van der Waals surface area contributed by atoms with Crippen LogP contribution in [0.15, 0.2) is 94.5 Å². The number of carbonyl (C=O) groups excluding carboxylic acids is 1. The van der Waals surface area contributed by atoms with E-state index in [0.29, 0.717) is 44.4 Å². The number of sulfonamides is 1. The molecule has 0 heterocycles. The van der Waals surface area contributed by atoms with Crippen LogP contribution in [0.5, 0.6) is 11.5 Å². The lowest BCUT2D eigenvalue weighted by atomic mass is 10.1. The maximum atomic E-state index is 12.7. The summed E-state index contributed by atoms with van der Waals surface area (Å²) in [5.74, 6) is 0.568. The van der Waals surface area contributed by atoms with Crippen LogP contribution in [0.2, 0.25) is 5.02 Å². The van der Waals surface area contributed by atoms with E-state index in [1.54, 1.807) is 48.5 Å². The summed E-state index contributed by atoms with van der Waals surface area (Å²) in [4.78, 5) is 12.7. The third kappa shape index (κ3) is 8.12. The van der Waals surface area contributed by atoms with Gasteiger partial charge < -0.3 is 9.47 Å². The van der Waals surface area contributed by atoms with Gasteiger partial charge in [0.15, 0.2) is 11.5 Å². The number of hydrazone groups is 1. The fourth-order valence-corrected chi connectivity index (χ4v) is 5.62. The molecule has 1 N–H and O–H groups in total. The summed E-state index contributed by atoms with van der Waals surface area (Å²) in [5, 5.41) is 4.72. The van der Waals surface area contributed by atoms with Crippen LogP contribution in [0.1, 0.15) is 32.6 Å². The molecule has 1 amide bonds. The molecule has 0 saturated carbocycles. The average molecular weight is 671 g/mol. The van der Waals surface area contributed by atoms with Gasteiger partial charge in [0.1, 0.15) is 6.61 Å². The fourth-order valence-electron chi connectivity index (χ4n) is 4.04. The Morgan fingerprint density at radius 1 is 1.05 bits per heavy atom. The lowest BCUT2D eigenvalue weighted by Crippen LogP contribution is -2.29. The molecule has 0 saturated heterocycles. The molecule has 0 atom stereocenters. The van der Waals surface area contributed by atoms with Crippen LogP contribution in [-0.2, 0) is 23.2 Å². The van der Waals surface area contributed by atoms with Crippen molar-refractivity contribution in [3.8, 4) is 11.5 Å². The van der Waals surface area contributed by atoms with Gasteiger partial charge in [0.25, 0.3) is 5.91 Å². The van der Waals surface area contributed by atoms with E-state index in [1.165, 1.54) is 17.6 Å². The van der Waals surface area contributed by atoms with Crippen LogP contribution >= 0.6 is 27.5 Å². The summed E-state index contributed by atoms with van der Waals surface area (Å²) < 4.78 is 38.5. The van der Waals surface area contributed by atoms with Gasteiger partial charge in [-0.3, -0.25) is 9.10 Å². The largest absolute Gasteiger partial charge is 0.493 e. The van der Waals surface area contributed by atoms with Crippen molar-refractivity contribution >= 4 is 55.4 Å². The standard InChI is InChI=1S/C31H29BrClN3O5S/c1-21-6-4-5-7-25(21)19-36(42(3,38)39)27-14-10-24(11-15-27)31(37)35-34-18-23-16-28(32)30(29(17-23)40-2)41-20-22-8-12-26(33)13-9-22/h4-18H,19-20H2,1-3H3,(H,35,37)/b34-18-. The summed E-state index contributed by atoms with van der Waals surface area (Å²) in [6, 6.07) is 24.8. The highest BCUT2D eigenvalue weighted by atomic mass is 79.9. The third-order valence-electron chi connectivity index (χ3n) is 6.32. The number of ether oxygens (including phenoxy) is 2. The highest BCUT2D eigenvalue weighted by Gasteiger charge is 2.19. The predicted molar refractivity (Wildman–Crippen MR) is 170 cm³/mol. The van der Waals surface area contributed by atoms with Gasteiger partial charge >= 0.3 is 0 Å². The topological polar surface area (TPSA) is 97.3 Å². The van der Waals surface area contributed by atoms with Crippen molar-refractivity contribution in [2.24, 2.45) is 5.10 Å². The van der Waals surface area contributed by atoms with E-state index in [9.17, 15) is 13.2 Å². The molecule has 0 aliphatic carbocycles. The number of nitrogens with one attached hydrogen (secondary N) is 1. The van der Waals surface area contributed by atoms with E-state index in [1.807, 2.05) is 43.3 Å². The Morgan fingerprint density at radius 2 is 1.74 bits per heavy atom. The van der Waals surface area contributed by atoms with Crippen LogP contribution < -0.4 is 19.2 Å². The smallest absolute Gasteiger partial charge is 0.271 e. The Labute approximate surface area is 259 Å². The second kappa shape index (κ2) is 13.9. The first-order valence-electron chi connectivity index (χ1n) is 12.8. The number of rotatable bonds is 11. The zero-order valence-electron chi connectivity index (χ0n) is 23.2. The Balaban J connectivity index is 1.42. The van der Waals surface area contributed by atoms with Crippen molar-refractivity contribution in [2.75, 3.05) is 17.7 Å². The Hall–Kier alpha value is -3.86. The lowest BCUT2D eigenvalue weighted by molar-refractivity contribution is 0.0955. The first-order chi connectivity index (χ1) is 20.0.